The van der Waals surface area contributed by atoms with E-state index in [9.17, 15) is 9.18 Å². The third kappa shape index (κ3) is 3.19. The van der Waals surface area contributed by atoms with Crippen molar-refractivity contribution in [1.82, 2.24) is 0 Å². The summed E-state index contributed by atoms with van der Waals surface area (Å²) in [5.41, 5.74) is -0.125. The van der Waals surface area contributed by atoms with Crippen LogP contribution < -0.4 is 5.32 Å². The Bertz CT molecular complexity index is 409. The Balaban J connectivity index is 2.85. The second-order valence-electron chi connectivity index (χ2n) is 4.10. The first-order chi connectivity index (χ1) is 7.36. The van der Waals surface area contributed by atoms with Crippen LogP contribution >= 0.6 is 27.5 Å². The summed E-state index contributed by atoms with van der Waals surface area (Å²) in [6.45, 7) is 3.49. The van der Waals surface area contributed by atoms with E-state index in [0.29, 0.717) is 10.2 Å². The molecule has 5 heteroatoms. The molecule has 1 N–H and O–H groups in total. The molecule has 0 atom stereocenters. The van der Waals surface area contributed by atoms with Gasteiger partial charge >= 0.3 is 0 Å². The molecule has 0 aliphatic rings. The lowest BCUT2D eigenvalue weighted by Crippen LogP contribution is -2.32. The predicted octanol–water partition coefficient (Wildman–Crippen LogP) is 3.79. The van der Waals surface area contributed by atoms with Crippen LogP contribution in [-0.2, 0) is 4.79 Å². The van der Waals surface area contributed by atoms with Gasteiger partial charge in [0.25, 0.3) is 0 Å². The zero-order chi connectivity index (χ0) is 12.3. The van der Waals surface area contributed by atoms with E-state index in [1.54, 1.807) is 13.8 Å². The second-order valence-corrected chi connectivity index (χ2v) is 5.22. The highest BCUT2D eigenvalue weighted by Crippen LogP contribution is 2.26. The van der Waals surface area contributed by atoms with Gasteiger partial charge in [0.05, 0.1) is 11.1 Å². The highest BCUT2D eigenvalue weighted by Gasteiger charge is 2.26. The van der Waals surface area contributed by atoms with E-state index >= 15 is 0 Å². The van der Waals surface area contributed by atoms with Gasteiger partial charge in [0, 0.05) is 10.4 Å². The number of carbonyl (C=O) groups is 1. The zero-order valence-electron chi connectivity index (χ0n) is 8.98. The van der Waals surface area contributed by atoms with E-state index in [1.165, 1.54) is 18.2 Å². The van der Waals surface area contributed by atoms with Gasteiger partial charge in [-0.1, -0.05) is 0 Å². The van der Waals surface area contributed by atoms with Gasteiger partial charge in [0.2, 0.25) is 5.91 Å². The maximum Gasteiger partial charge on any atom is 0.231 e. The zero-order valence-corrected chi connectivity index (χ0v) is 11.3. The third-order valence-electron chi connectivity index (χ3n) is 2.13. The number of rotatable bonds is 3. The number of halogens is 3. The average molecular weight is 309 g/mol. The molecule has 0 radical (unpaired) electrons. The molecule has 0 saturated heterocycles. The van der Waals surface area contributed by atoms with E-state index in [4.69, 9.17) is 11.6 Å². The molecule has 0 bridgehead atoms. The molecule has 0 aliphatic carbocycles. The van der Waals surface area contributed by atoms with E-state index in [1.807, 2.05) is 0 Å². The topological polar surface area (TPSA) is 29.1 Å². The first-order valence-corrected chi connectivity index (χ1v) is 6.02. The van der Waals surface area contributed by atoms with Crippen LogP contribution in [-0.4, -0.2) is 11.8 Å². The molecule has 0 unspecified atom stereocenters. The van der Waals surface area contributed by atoms with Crippen LogP contribution in [0.1, 0.15) is 13.8 Å². The molecular weight excluding hydrogens is 296 g/mol. The molecular formula is C11H12BrClFNO. The summed E-state index contributed by atoms with van der Waals surface area (Å²) in [6.07, 6.45) is 0. The molecule has 0 fully saturated rings. The molecule has 0 aromatic heterocycles. The standard InChI is InChI=1S/C11H12BrClFNO/c1-11(2,6-13)10(16)15-9-4-3-7(14)5-8(9)12/h3-5H,6H2,1-2H3,(H,15,16). The normalized spacial score (nSPS) is 11.3. The van der Waals surface area contributed by atoms with Crippen LogP contribution in [0.15, 0.2) is 22.7 Å². The van der Waals surface area contributed by atoms with E-state index in [2.05, 4.69) is 21.2 Å². The Morgan fingerprint density at radius 3 is 2.69 bits per heavy atom. The monoisotopic (exact) mass is 307 g/mol. The van der Waals surface area contributed by atoms with Crippen LogP contribution in [0.2, 0.25) is 0 Å². The van der Waals surface area contributed by atoms with Gasteiger partial charge in [-0.2, -0.15) is 0 Å². The molecule has 0 aliphatic heterocycles. The number of hydrogen-bond donors (Lipinski definition) is 1. The molecule has 16 heavy (non-hydrogen) atoms. The van der Waals surface area contributed by atoms with Crippen molar-refractivity contribution in [2.75, 3.05) is 11.2 Å². The first-order valence-electron chi connectivity index (χ1n) is 4.69. The van der Waals surface area contributed by atoms with Crippen molar-refractivity contribution < 1.29 is 9.18 Å². The fraction of sp³-hybridized carbons (Fsp3) is 0.364. The van der Waals surface area contributed by atoms with Gasteiger partial charge in [-0.25, -0.2) is 4.39 Å². The van der Waals surface area contributed by atoms with Crippen LogP contribution in [0.25, 0.3) is 0 Å². The van der Waals surface area contributed by atoms with Crippen molar-refractivity contribution in [2.45, 2.75) is 13.8 Å². The number of nitrogens with one attached hydrogen (secondary N) is 1. The third-order valence-corrected chi connectivity index (χ3v) is 3.45. The minimum absolute atomic E-state index is 0.199. The summed E-state index contributed by atoms with van der Waals surface area (Å²) in [5.74, 6) is -0.339. The van der Waals surface area contributed by atoms with Crippen molar-refractivity contribution >= 4 is 39.1 Å². The summed E-state index contributed by atoms with van der Waals surface area (Å²) >= 11 is 8.86. The van der Waals surface area contributed by atoms with E-state index < -0.39 is 5.41 Å². The lowest BCUT2D eigenvalue weighted by Gasteiger charge is -2.20. The lowest BCUT2D eigenvalue weighted by molar-refractivity contribution is -0.122. The fourth-order valence-corrected chi connectivity index (χ4v) is 1.51. The molecule has 0 spiro atoms. The molecule has 2 nitrogen and oxygen atoms in total. The van der Waals surface area contributed by atoms with Gasteiger partial charge in [0.1, 0.15) is 5.82 Å². The second kappa shape index (κ2) is 5.15. The summed E-state index contributed by atoms with van der Waals surface area (Å²) in [7, 11) is 0. The molecule has 1 aromatic rings. The van der Waals surface area contributed by atoms with Crippen LogP contribution in [0.3, 0.4) is 0 Å². The van der Waals surface area contributed by atoms with Crippen molar-refractivity contribution in [3.8, 4) is 0 Å². The van der Waals surface area contributed by atoms with Crippen molar-refractivity contribution in [3.63, 3.8) is 0 Å². The Morgan fingerprint density at radius 1 is 1.56 bits per heavy atom. The number of carbonyl (C=O) groups excluding carboxylic acids is 1. The molecule has 88 valence electrons. The van der Waals surface area contributed by atoms with E-state index in [-0.39, 0.29) is 17.6 Å². The van der Waals surface area contributed by atoms with Crippen molar-refractivity contribution in [2.24, 2.45) is 5.41 Å². The minimum atomic E-state index is -0.657. The summed E-state index contributed by atoms with van der Waals surface area (Å²) in [4.78, 5) is 11.8. The fourth-order valence-electron chi connectivity index (χ4n) is 0.943. The number of benzene rings is 1. The van der Waals surface area contributed by atoms with Gasteiger partial charge in [-0.05, 0) is 48.0 Å². The Morgan fingerprint density at radius 2 is 2.19 bits per heavy atom. The number of alkyl halides is 1. The van der Waals surface area contributed by atoms with Crippen molar-refractivity contribution in [1.29, 1.82) is 0 Å². The summed E-state index contributed by atoms with van der Waals surface area (Å²) < 4.78 is 13.3. The van der Waals surface area contributed by atoms with Crippen LogP contribution in [0.5, 0.6) is 0 Å². The molecule has 1 aromatic carbocycles. The van der Waals surface area contributed by atoms with Crippen LogP contribution in [0, 0.1) is 11.2 Å². The number of amides is 1. The first kappa shape index (κ1) is 13.5. The van der Waals surface area contributed by atoms with Gasteiger partial charge in [0.15, 0.2) is 0 Å². The van der Waals surface area contributed by atoms with Gasteiger partial charge < -0.3 is 5.32 Å². The minimum Gasteiger partial charge on any atom is -0.325 e. The number of hydrogen-bond acceptors (Lipinski definition) is 1. The maximum absolute atomic E-state index is 12.8. The van der Waals surface area contributed by atoms with Crippen molar-refractivity contribution in [3.05, 3.63) is 28.5 Å². The van der Waals surface area contributed by atoms with Gasteiger partial charge in [-0.15, -0.1) is 11.6 Å². The SMILES string of the molecule is CC(C)(CCl)C(=O)Nc1ccc(F)cc1Br. The highest BCUT2D eigenvalue weighted by molar-refractivity contribution is 9.10. The predicted molar refractivity (Wildman–Crippen MR) is 67.2 cm³/mol. The average Bonchev–Trinajstić information content (AvgIpc) is 2.22. The summed E-state index contributed by atoms with van der Waals surface area (Å²) in [6, 6.07) is 4.08. The van der Waals surface area contributed by atoms with Gasteiger partial charge in [-0.3, -0.25) is 4.79 Å². The molecule has 1 amide bonds. The highest BCUT2D eigenvalue weighted by atomic mass is 79.9. The number of anilines is 1. The molecule has 1 rings (SSSR count). The summed E-state index contributed by atoms with van der Waals surface area (Å²) in [5, 5.41) is 2.69. The molecule has 0 heterocycles. The Kier molecular flexibility index (Phi) is 4.33. The Hall–Kier alpha value is -0.610. The smallest absolute Gasteiger partial charge is 0.231 e. The quantitative estimate of drug-likeness (QED) is 0.846. The lowest BCUT2D eigenvalue weighted by atomic mass is 9.95. The maximum atomic E-state index is 12.8. The Labute approximate surface area is 107 Å². The largest absolute Gasteiger partial charge is 0.325 e. The molecule has 0 saturated carbocycles. The van der Waals surface area contributed by atoms with Crippen LogP contribution in [0.4, 0.5) is 10.1 Å². The van der Waals surface area contributed by atoms with E-state index in [0.717, 1.165) is 0 Å².